The van der Waals surface area contributed by atoms with Crippen LogP contribution in [-0.4, -0.2) is 34.6 Å². The van der Waals surface area contributed by atoms with Crippen LogP contribution in [0.2, 0.25) is 0 Å². The summed E-state index contributed by atoms with van der Waals surface area (Å²) in [5.74, 6) is -1.53. The van der Waals surface area contributed by atoms with Gasteiger partial charge in [-0.2, -0.15) is 0 Å². The van der Waals surface area contributed by atoms with Crippen LogP contribution in [0.4, 0.5) is 0 Å². The topological polar surface area (TPSA) is 105 Å². The smallest absolute Gasteiger partial charge is 0.326 e. The van der Waals surface area contributed by atoms with E-state index in [1.165, 1.54) is 11.3 Å². The number of carbonyl (C=O) groups excluding carboxylic acids is 1. The minimum Gasteiger partial charge on any atom is -0.480 e. The maximum absolute atomic E-state index is 12.0. The van der Waals surface area contributed by atoms with Crippen LogP contribution >= 0.6 is 11.3 Å². The zero-order chi connectivity index (χ0) is 14.6. The molecule has 0 spiro atoms. The van der Waals surface area contributed by atoms with Gasteiger partial charge in [0, 0.05) is 11.8 Å². The molecule has 0 bridgehead atoms. The summed E-state index contributed by atoms with van der Waals surface area (Å²) in [7, 11) is 0. The number of amides is 1. The average Bonchev–Trinajstić information content (AvgIpc) is 2.72. The Morgan fingerprint density at radius 2 is 2.16 bits per heavy atom. The Hall–Kier alpha value is -1.47. The molecule has 1 aromatic rings. The number of carboxylic acids is 1. The molecule has 0 aliphatic rings. The molecule has 0 radical (unpaired) electrons. The fourth-order valence-corrected chi connectivity index (χ4v) is 2.30. The third kappa shape index (κ3) is 4.29. The van der Waals surface area contributed by atoms with Crippen molar-refractivity contribution in [2.24, 2.45) is 11.1 Å². The molecule has 4 N–H and O–H groups in total. The van der Waals surface area contributed by atoms with E-state index in [1.54, 1.807) is 26.2 Å². The monoisotopic (exact) mass is 285 g/mol. The van der Waals surface area contributed by atoms with Crippen LogP contribution in [0.1, 0.15) is 36.3 Å². The number of aliphatic carboxylic acids is 1. The Bertz CT molecular complexity index is 465. The van der Waals surface area contributed by atoms with Crippen molar-refractivity contribution in [1.29, 1.82) is 0 Å². The number of hydrogen-bond donors (Lipinski definition) is 3. The molecule has 106 valence electrons. The number of thiazole rings is 1. The minimum atomic E-state index is -1.06. The number of hydrogen-bond acceptors (Lipinski definition) is 5. The quantitative estimate of drug-likeness (QED) is 0.744. The Labute approximate surface area is 116 Å². The second-order valence-corrected chi connectivity index (χ2v) is 6.22. The summed E-state index contributed by atoms with van der Waals surface area (Å²) < 4.78 is 0. The molecule has 1 amide bonds. The van der Waals surface area contributed by atoms with Gasteiger partial charge in [-0.1, -0.05) is 20.8 Å². The van der Waals surface area contributed by atoms with Gasteiger partial charge in [-0.3, -0.25) is 4.79 Å². The van der Waals surface area contributed by atoms with E-state index in [0.29, 0.717) is 13.0 Å². The second-order valence-electron chi connectivity index (χ2n) is 5.28. The molecule has 0 saturated heterocycles. The zero-order valence-electron chi connectivity index (χ0n) is 11.3. The summed E-state index contributed by atoms with van der Waals surface area (Å²) >= 11 is 1.35. The fraction of sp³-hybridized carbons (Fsp3) is 0.583. The first-order chi connectivity index (χ1) is 8.75. The number of nitrogens with zero attached hydrogens (tertiary/aromatic N) is 1. The molecule has 0 aromatic carbocycles. The summed E-state index contributed by atoms with van der Waals surface area (Å²) in [6.45, 7) is 5.74. The van der Waals surface area contributed by atoms with E-state index < -0.39 is 23.3 Å². The highest BCUT2D eigenvalue weighted by atomic mass is 32.1. The lowest BCUT2D eigenvalue weighted by Crippen LogP contribution is -2.49. The maximum atomic E-state index is 12.0. The average molecular weight is 285 g/mol. The van der Waals surface area contributed by atoms with Crippen molar-refractivity contribution in [2.75, 3.05) is 6.54 Å². The van der Waals surface area contributed by atoms with E-state index in [-0.39, 0.29) is 5.69 Å². The molecule has 6 nitrogen and oxygen atoms in total. The lowest BCUT2D eigenvalue weighted by molar-refractivity contribution is -0.142. The molecule has 1 heterocycles. The lowest BCUT2D eigenvalue weighted by Gasteiger charge is -2.27. The Balaban J connectivity index is 2.79. The van der Waals surface area contributed by atoms with Crippen molar-refractivity contribution < 1.29 is 14.7 Å². The summed E-state index contributed by atoms with van der Waals surface area (Å²) in [6, 6.07) is -0.959. The number of rotatable bonds is 5. The summed E-state index contributed by atoms with van der Waals surface area (Å²) in [6.07, 6.45) is 0.611. The minimum absolute atomic E-state index is 0.240. The highest BCUT2D eigenvalue weighted by Crippen LogP contribution is 2.20. The Morgan fingerprint density at radius 1 is 1.53 bits per heavy atom. The first-order valence-corrected chi connectivity index (χ1v) is 6.82. The van der Waals surface area contributed by atoms with Gasteiger partial charge in [0.05, 0.1) is 5.01 Å². The van der Waals surface area contributed by atoms with Crippen molar-refractivity contribution in [3.8, 4) is 0 Å². The molecule has 1 atom stereocenters. The van der Waals surface area contributed by atoms with Crippen molar-refractivity contribution in [1.82, 2.24) is 10.3 Å². The Kier molecular flexibility index (Phi) is 5.02. The second kappa shape index (κ2) is 6.12. The number of carboxylic acid groups (broad SMARTS) is 1. The van der Waals surface area contributed by atoms with Crippen LogP contribution in [0.5, 0.6) is 0 Å². The molecule has 0 fully saturated rings. The number of nitrogens with two attached hydrogens (primary N) is 1. The zero-order valence-corrected chi connectivity index (χ0v) is 12.1. The summed E-state index contributed by atoms with van der Waals surface area (Å²) in [5.41, 5.74) is 5.08. The molecule has 1 rings (SSSR count). The fourth-order valence-electron chi connectivity index (χ4n) is 1.51. The van der Waals surface area contributed by atoms with Gasteiger partial charge in [-0.25, -0.2) is 9.78 Å². The predicted molar refractivity (Wildman–Crippen MR) is 73.2 cm³/mol. The highest BCUT2D eigenvalue weighted by Gasteiger charge is 2.33. The largest absolute Gasteiger partial charge is 0.480 e. The van der Waals surface area contributed by atoms with Crippen LogP contribution < -0.4 is 11.1 Å². The third-order valence-corrected chi connectivity index (χ3v) is 3.44. The van der Waals surface area contributed by atoms with Crippen LogP contribution in [0, 0.1) is 5.41 Å². The molecule has 1 unspecified atom stereocenters. The van der Waals surface area contributed by atoms with E-state index >= 15 is 0 Å². The van der Waals surface area contributed by atoms with Gasteiger partial charge < -0.3 is 16.2 Å². The van der Waals surface area contributed by atoms with Crippen LogP contribution in [0.3, 0.4) is 0 Å². The van der Waals surface area contributed by atoms with E-state index in [0.717, 1.165) is 5.01 Å². The molecular weight excluding hydrogens is 266 g/mol. The van der Waals surface area contributed by atoms with Crippen molar-refractivity contribution in [3.05, 3.63) is 16.1 Å². The van der Waals surface area contributed by atoms with Gasteiger partial charge >= 0.3 is 5.97 Å². The van der Waals surface area contributed by atoms with Gasteiger partial charge in [-0.15, -0.1) is 11.3 Å². The van der Waals surface area contributed by atoms with Crippen molar-refractivity contribution in [2.45, 2.75) is 33.2 Å². The van der Waals surface area contributed by atoms with Crippen LogP contribution in [0.25, 0.3) is 0 Å². The predicted octanol–water partition coefficient (Wildman–Crippen LogP) is 0.873. The third-order valence-electron chi connectivity index (χ3n) is 2.53. The SMILES string of the molecule is CC(C)(C)C(NC(=O)c1csc(CCN)n1)C(=O)O. The lowest BCUT2D eigenvalue weighted by atomic mass is 9.87. The summed E-state index contributed by atoms with van der Waals surface area (Å²) in [5, 5.41) is 14.0. The van der Waals surface area contributed by atoms with Gasteiger partial charge in [-0.05, 0) is 12.0 Å². The standard InChI is InChI=1S/C12H19N3O3S/c1-12(2,3)9(11(17)18)15-10(16)7-6-19-8(14-7)4-5-13/h6,9H,4-5,13H2,1-3H3,(H,15,16)(H,17,18). The molecular formula is C12H19N3O3S. The van der Waals surface area contributed by atoms with Crippen molar-refractivity contribution >= 4 is 23.2 Å². The number of nitrogens with one attached hydrogen (secondary N) is 1. The Morgan fingerprint density at radius 3 is 2.63 bits per heavy atom. The normalized spacial score (nSPS) is 13.1. The number of aromatic nitrogens is 1. The molecule has 0 aliphatic carbocycles. The van der Waals surface area contributed by atoms with Gasteiger partial charge in [0.25, 0.3) is 5.91 Å². The van der Waals surface area contributed by atoms with Crippen LogP contribution in [0.15, 0.2) is 5.38 Å². The molecule has 7 heteroatoms. The van der Waals surface area contributed by atoms with E-state index in [2.05, 4.69) is 10.3 Å². The molecule has 0 aliphatic heterocycles. The molecule has 0 saturated carbocycles. The summed E-state index contributed by atoms with van der Waals surface area (Å²) in [4.78, 5) is 27.3. The van der Waals surface area contributed by atoms with Crippen molar-refractivity contribution in [3.63, 3.8) is 0 Å². The van der Waals surface area contributed by atoms with E-state index in [1.807, 2.05) is 0 Å². The highest BCUT2D eigenvalue weighted by molar-refractivity contribution is 7.09. The first-order valence-electron chi connectivity index (χ1n) is 5.94. The number of carbonyl (C=O) groups is 2. The van der Waals surface area contributed by atoms with E-state index in [4.69, 9.17) is 10.8 Å². The molecule has 1 aromatic heterocycles. The first kappa shape index (κ1) is 15.6. The van der Waals surface area contributed by atoms with Gasteiger partial charge in [0.15, 0.2) is 0 Å². The molecule has 19 heavy (non-hydrogen) atoms. The van der Waals surface area contributed by atoms with Gasteiger partial charge in [0.1, 0.15) is 11.7 Å². The maximum Gasteiger partial charge on any atom is 0.326 e. The van der Waals surface area contributed by atoms with Crippen LogP contribution in [-0.2, 0) is 11.2 Å². The van der Waals surface area contributed by atoms with E-state index in [9.17, 15) is 9.59 Å². The van der Waals surface area contributed by atoms with Gasteiger partial charge in [0.2, 0.25) is 0 Å².